The predicted octanol–water partition coefficient (Wildman–Crippen LogP) is 3.56. The van der Waals surface area contributed by atoms with Crippen LogP contribution in [0.1, 0.15) is 40.6 Å². The topological polar surface area (TPSA) is 67.2 Å². The number of fused-ring (bicyclic) bond motifs is 1. The Morgan fingerprint density at radius 1 is 1.30 bits per heavy atom. The van der Waals surface area contributed by atoms with Crippen molar-refractivity contribution in [2.75, 3.05) is 6.54 Å². The third kappa shape index (κ3) is 4.14. The van der Waals surface area contributed by atoms with Crippen molar-refractivity contribution in [3.05, 3.63) is 69.9 Å². The minimum absolute atomic E-state index is 0.0662. The Bertz CT molecular complexity index is 1060. The molecule has 2 amide bonds. The summed E-state index contributed by atoms with van der Waals surface area (Å²) in [6.45, 7) is 3.22. The Morgan fingerprint density at radius 3 is 2.93 bits per heavy atom. The first kappa shape index (κ1) is 20.3. The lowest BCUT2D eigenvalue weighted by atomic mass is 10.1. The van der Waals surface area contributed by atoms with Crippen molar-refractivity contribution in [3.63, 3.8) is 0 Å². The van der Waals surface area contributed by atoms with Gasteiger partial charge in [0.25, 0.3) is 5.91 Å². The third-order valence-electron chi connectivity index (χ3n) is 5.24. The molecule has 1 aromatic carbocycles. The van der Waals surface area contributed by atoms with Crippen LogP contribution in [0.4, 0.5) is 4.39 Å². The largest absolute Gasteiger partial charge is 0.340 e. The van der Waals surface area contributed by atoms with Gasteiger partial charge in [0.05, 0.1) is 11.8 Å². The molecule has 0 bridgehead atoms. The minimum Gasteiger partial charge on any atom is -0.340 e. The second-order valence-electron chi connectivity index (χ2n) is 7.32. The molecule has 30 heavy (non-hydrogen) atoms. The van der Waals surface area contributed by atoms with Crippen molar-refractivity contribution in [1.29, 1.82) is 0 Å². The van der Waals surface area contributed by atoms with E-state index in [0.29, 0.717) is 19.5 Å². The Hall–Kier alpha value is -3.00. The number of carbonyl (C=O) groups is 2. The van der Waals surface area contributed by atoms with Gasteiger partial charge in [-0.2, -0.15) is 5.10 Å². The summed E-state index contributed by atoms with van der Waals surface area (Å²) in [6.07, 6.45) is 5.02. The SMILES string of the molecule is CCCC(NC(=O)c1cnn(-c2ccccc2F)c1)C(=O)N1CCc2sccc2C1. The number of hydrogen-bond donors (Lipinski definition) is 1. The highest BCUT2D eigenvalue weighted by Gasteiger charge is 2.29. The fourth-order valence-electron chi connectivity index (χ4n) is 3.65. The number of aromatic nitrogens is 2. The van der Waals surface area contributed by atoms with E-state index in [2.05, 4.69) is 21.9 Å². The van der Waals surface area contributed by atoms with Crippen molar-refractivity contribution in [3.8, 4) is 5.69 Å². The molecule has 0 saturated carbocycles. The van der Waals surface area contributed by atoms with Crippen LogP contribution in [0.3, 0.4) is 0 Å². The molecular formula is C22H23FN4O2S. The number of nitrogens with one attached hydrogen (secondary N) is 1. The Labute approximate surface area is 178 Å². The molecule has 0 radical (unpaired) electrons. The number of halogens is 1. The van der Waals surface area contributed by atoms with Crippen molar-refractivity contribution in [2.24, 2.45) is 0 Å². The fourth-order valence-corrected chi connectivity index (χ4v) is 4.54. The molecule has 8 heteroatoms. The molecule has 0 spiro atoms. The summed E-state index contributed by atoms with van der Waals surface area (Å²) in [7, 11) is 0. The standard InChI is InChI=1S/C22H23FN4O2S/c1-2-5-18(22(29)26-10-8-20-15(13-26)9-11-30-20)25-21(28)16-12-24-27(14-16)19-7-4-3-6-17(19)23/h3-4,6-7,9,11-12,14,18H,2,5,8,10,13H2,1H3,(H,25,28). The summed E-state index contributed by atoms with van der Waals surface area (Å²) in [5.74, 6) is -0.884. The summed E-state index contributed by atoms with van der Waals surface area (Å²) in [5, 5.41) is 9.00. The molecule has 0 fully saturated rings. The van der Waals surface area contributed by atoms with Crippen LogP contribution in [0.25, 0.3) is 5.69 Å². The molecule has 3 heterocycles. The van der Waals surface area contributed by atoms with Gasteiger partial charge in [-0.3, -0.25) is 9.59 Å². The van der Waals surface area contributed by atoms with Gasteiger partial charge in [0.15, 0.2) is 0 Å². The Balaban J connectivity index is 1.46. The summed E-state index contributed by atoms with van der Waals surface area (Å²) < 4.78 is 15.3. The van der Waals surface area contributed by atoms with E-state index in [-0.39, 0.29) is 17.2 Å². The highest BCUT2D eigenvalue weighted by atomic mass is 32.1. The van der Waals surface area contributed by atoms with Crippen molar-refractivity contribution < 1.29 is 14.0 Å². The molecule has 4 rings (SSSR count). The number of benzene rings is 1. The molecule has 1 aliphatic rings. The maximum absolute atomic E-state index is 14.0. The molecule has 6 nitrogen and oxygen atoms in total. The first-order valence-electron chi connectivity index (χ1n) is 10.0. The van der Waals surface area contributed by atoms with Crippen molar-refractivity contribution in [1.82, 2.24) is 20.0 Å². The molecule has 0 aliphatic carbocycles. The quantitative estimate of drug-likeness (QED) is 0.655. The van der Waals surface area contributed by atoms with E-state index in [0.717, 1.165) is 12.8 Å². The first-order valence-corrected chi connectivity index (χ1v) is 10.9. The monoisotopic (exact) mass is 426 g/mol. The smallest absolute Gasteiger partial charge is 0.255 e. The normalized spacial score (nSPS) is 14.3. The number of thiophene rings is 1. The molecule has 1 atom stereocenters. The van der Waals surface area contributed by atoms with Crippen LogP contribution in [0.5, 0.6) is 0 Å². The molecule has 3 aromatic rings. The van der Waals surface area contributed by atoms with Gasteiger partial charge in [-0.25, -0.2) is 9.07 Å². The van der Waals surface area contributed by atoms with Gasteiger partial charge in [-0.05, 0) is 42.0 Å². The Morgan fingerprint density at radius 2 is 2.13 bits per heavy atom. The Kier molecular flexibility index (Phi) is 5.94. The zero-order valence-corrected chi connectivity index (χ0v) is 17.5. The summed E-state index contributed by atoms with van der Waals surface area (Å²) >= 11 is 1.72. The summed E-state index contributed by atoms with van der Waals surface area (Å²) in [6, 6.07) is 7.68. The second-order valence-corrected chi connectivity index (χ2v) is 8.32. The number of hydrogen-bond acceptors (Lipinski definition) is 4. The lowest BCUT2D eigenvalue weighted by Gasteiger charge is -2.30. The zero-order chi connectivity index (χ0) is 21.1. The number of carbonyl (C=O) groups excluding carboxylic acids is 2. The summed E-state index contributed by atoms with van der Waals surface area (Å²) in [5.41, 5.74) is 1.73. The van der Waals surface area contributed by atoms with E-state index < -0.39 is 17.8 Å². The average molecular weight is 427 g/mol. The maximum atomic E-state index is 14.0. The van der Waals surface area contributed by atoms with E-state index in [9.17, 15) is 14.0 Å². The van der Waals surface area contributed by atoms with Crippen LogP contribution in [-0.4, -0.2) is 39.1 Å². The van der Waals surface area contributed by atoms with Gasteiger partial charge >= 0.3 is 0 Å². The lowest BCUT2D eigenvalue weighted by molar-refractivity contribution is -0.134. The maximum Gasteiger partial charge on any atom is 0.255 e. The van der Waals surface area contributed by atoms with Crippen LogP contribution in [0.2, 0.25) is 0 Å². The first-order chi connectivity index (χ1) is 14.6. The number of rotatable bonds is 6. The highest BCUT2D eigenvalue weighted by Crippen LogP contribution is 2.24. The molecule has 0 saturated heterocycles. The van der Waals surface area contributed by atoms with Crippen LogP contribution in [0.15, 0.2) is 48.1 Å². The van der Waals surface area contributed by atoms with Crippen LogP contribution < -0.4 is 5.32 Å². The lowest BCUT2D eigenvalue weighted by Crippen LogP contribution is -2.49. The molecular weight excluding hydrogens is 403 g/mol. The van der Waals surface area contributed by atoms with E-state index in [1.165, 1.54) is 33.6 Å². The number of amides is 2. The van der Waals surface area contributed by atoms with Crippen molar-refractivity contribution >= 4 is 23.2 Å². The van der Waals surface area contributed by atoms with Crippen molar-refractivity contribution in [2.45, 2.75) is 38.8 Å². The van der Waals surface area contributed by atoms with Gasteiger partial charge in [0, 0.05) is 24.2 Å². The minimum atomic E-state index is -0.598. The van der Waals surface area contributed by atoms with E-state index >= 15 is 0 Å². The van der Waals surface area contributed by atoms with E-state index in [1.807, 2.05) is 11.8 Å². The second kappa shape index (κ2) is 8.79. The molecule has 1 N–H and O–H groups in total. The molecule has 2 aromatic heterocycles. The van der Waals surface area contributed by atoms with Gasteiger partial charge < -0.3 is 10.2 Å². The fraction of sp³-hybridized carbons (Fsp3) is 0.318. The molecule has 156 valence electrons. The van der Waals surface area contributed by atoms with Crippen LogP contribution in [-0.2, 0) is 17.8 Å². The van der Waals surface area contributed by atoms with Gasteiger partial charge in [0.2, 0.25) is 5.91 Å². The highest BCUT2D eigenvalue weighted by molar-refractivity contribution is 7.10. The van der Waals surface area contributed by atoms with E-state index in [4.69, 9.17) is 0 Å². The predicted molar refractivity (Wildman–Crippen MR) is 113 cm³/mol. The van der Waals surface area contributed by atoms with Crippen LogP contribution >= 0.6 is 11.3 Å². The van der Waals surface area contributed by atoms with E-state index in [1.54, 1.807) is 29.5 Å². The van der Waals surface area contributed by atoms with Gasteiger partial charge in [-0.15, -0.1) is 11.3 Å². The molecule has 1 aliphatic heterocycles. The zero-order valence-electron chi connectivity index (χ0n) is 16.7. The molecule has 1 unspecified atom stereocenters. The third-order valence-corrected chi connectivity index (χ3v) is 6.27. The number of nitrogens with zero attached hydrogens (tertiary/aromatic N) is 3. The number of para-hydroxylation sites is 1. The average Bonchev–Trinajstić information content (AvgIpc) is 3.42. The van der Waals surface area contributed by atoms with Crippen LogP contribution in [0, 0.1) is 5.82 Å². The summed E-state index contributed by atoms with van der Waals surface area (Å²) in [4.78, 5) is 29.0. The van der Waals surface area contributed by atoms with Gasteiger partial charge in [0.1, 0.15) is 17.5 Å². The van der Waals surface area contributed by atoms with Gasteiger partial charge in [-0.1, -0.05) is 25.5 Å².